The molecule has 0 fully saturated rings. The molecule has 0 unspecified atom stereocenters. The van der Waals surface area contributed by atoms with Crippen LogP contribution >= 0.6 is 35.0 Å². The summed E-state index contributed by atoms with van der Waals surface area (Å²) in [4.78, 5) is 21.1. The summed E-state index contributed by atoms with van der Waals surface area (Å²) < 4.78 is 0. The van der Waals surface area contributed by atoms with E-state index < -0.39 is 0 Å². The van der Waals surface area contributed by atoms with Gasteiger partial charge in [0.25, 0.3) is 0 Å². The van der Waals surface area contributed by atoms with Gasteiger partial charge < -0.3 is 15.5 Å². The van der Waals surface area contributed by atoms with Crippen molar-refractivity contribution in [1.29, 1.82) is 0 Å². The van der Waals surface area contributed by atoms with E-state index in [1.807, 2.05) is 36.4 Å². The number of aromatic nitrogens is 1. The normalized spacial score (nSPS) is 12.4. The number of nitrogens with zero attached hydrogens (tertiary/aromatic N) is 2. The summed E-state index contributed by atoms with van der Waals surface area (Å²) >= 11 is 13.5. The topological polar surface area (TPSA) is 57.3 Å². The van der Waals surface area contributed by atoms with Gasteiger partial charge in [-0.15, -0.1) is 11.6 Å². The van der Waals surface area contributed by atoms with Crippen LogP contribution in [-0.2, 0) is 0 Å². The summed E-state index contributed by atoms with van der Waals surface area (Å²) in [5, 5.41) is 7.39. The maximum Gasteiger partial charge on any atom is 0.314 e. The van der Waals surface area contributed by atoms with Gasteiger partial charge in [0.15, 0.2) is 0 Å². The van der Waals surface area contributed by atoms with Gasteiger partial charge in [-0.05, 0) is 36.8 Å². The summed E-state index contributed by atoms with van der Waals surface area (Å²) in [6.45, 7) is 1.74. The standard InChI is InChI=1S/C21H20Cl2N4OS/c22-8-10-25-21(28)24-9-3-11-27-17-7-6-15(23)13-18(17)29-19-12-14-4-1-2-5-16(14)26-20(19)27/h1-2,4-7,12-13H,3,8-11H2,(H2,24,25,28). The van der Waals surface area contributed by atoms with Gasteiger partial charge in [-0.25, -0.2) is 9.78 Å². The van der Waals surface area contributed by atoms with Crippen LogP contribution in [0.1, 0.15) is 6.42 Å². The Balaban J connectivity index is 1.57. The molecule has 0 radical (unpaired) electrons. The highest BCUT2D eigenvalue weighted by Gasteiger charge is 2.25. The minimum atomic E-state index is -0.198. The van der Waals surface area contributed by atoms with Crippen molar-refractivity contribution in [3.05, 3.63) is 53.6 Å². The smallest absolute Gasteiger partial charge is 0.314 e. The van der Waals surface area contributed by atoms with E-state index in [0.29, 0.717) is 24.0 Å². The minimum absolute atomic E-state index is 0.198. The van der Waals surface area contributed by atoms with Crippen molar-refractivity contribution in [2.75, 3.05) is 30.4 Å². The van der Waals surface area contributed by atoms with Gasteiger partial charge in [-0.2, -0.15) is 0 Å². The number of halogens is 2. The monoisotopic (exact) mass is 446 g/mol. The number of benzene rings is 2. The molecular weight excluding hydrogens is 427 g/mol. The Hall–Kier alpha value is -2.15. The third kappa shape index (κ3) is 4.55. The number of para-hydroxylation sites is 1. The van der Waals surface area contributed by atoms with Gasteiger partial charge in [0, 0.05) is 40.8 Å². The first-order valence-corrected chi connectivity index (χ1v) is 11.1. The van der Waals surface area contributed by atoms with Crippen LogP contribution in [0.15, 0.2) is 58.3 Å². The lowest BCUT2D eigenvalue weighted by Crippen LogP contribution is -2.38. The molecule has 0 aliphatic carbocycles. The SMILES string of the molecule is O=C(NCCCl)NCCCN1c2ccc(Cl)cc2Sc2cc3ccccc3nc21. The number of amides is 2. The molecule has 2 amide bonds. The van der Waals surface area contributed by atoms with E-state index in [0.717, 1.165) is 45.2 Å². The largest absolute Gasteiger partial charge is 0.338 e. The molecule has 0 saturated carbocycles. The second-order valence-corrected chi connectivity index (χ2v) is 8.49. The third-order valence-corrected chi connectivity index (χ3v) is 6.07. The van der Waals surface area contributed by atoms with Crippen molar-refractivity contribution in [2.24, 2.45) is 0 Å². The van der Waals surface area contributed by atoms with E-state index in [1.54, 1.807) is 11.8 Å². The predicted molar refractivity (Wildman–Crippen MR) is 121 cm³/mol. The highest BCUT2D eigenvalue weighted by atomic mass is 35.5. The van der Waals surface area contributed by atoms with Crippen molar-refractivity contribution >= 4 is 63.4 Å². The first kappa shape index (κ1) is 20.1. The second-order valence-electron chi connectivity index (χ2n) is 6.59. The van der Waals surface area contributed by atoms with Crippen LogP contribution < -0.4 is 15.5 Å². The fourth-order valence-corrected chi connectivity index (χ4v) is 4.74. The van der Waals surface area contributed by atoms with E-state index in [1.165, 1.54) is 0 Å². The van der Waals surface area contributed by atoms with E-state index in [4.69, 9.17) is 28.2 Å². The highest BCUT2D eigenvalue weighted by Crippen LogP contribution is 2.48. The number of anilines is 2. The molecule has 29 heavy (non-hydrogen) atoms. The molecule has 1 aliphatic rings. The van der Waals surface area contributed by atoms with Crippen LogP contribution in [0.4, 0.5) is 16.3 Å². The first-order valence-electron chi connectivity index (χ1n) is 9.38. The second kappa shape index (κ2) is 9.11. The fraction of sp³-hybridized carbons (Fsp3) is 0.238. The lowest BCUT2D eigenvalue weighted by atomic mass is 10.2. The van der Waals surface area contributed by atoms with Crippen molar-refractivity contribution < 1.29 is 4.79 Å². The number of pyridine rings is 1. The summed E-state index contributed by atoms with van der Waals surface area (Å²) in [6, 6.07) is 16.0. The predicted octanol–water partition coefficient (Wildman–Crippen LogP) is 5.42. The van der Waals surface area contributed by atoms with Crippen molar-refractivity contribution in [3.63, 3.8) is 0 Å². The lowest BCUT2D eigenvalue weighted by Gasteiger charge is -2.32. The number of hydrogen-bond acceptors (Lipinski definition) is 4. The molecule has 150 valence electrons. The molecule has 4 rings (SSSR count). The Kier molecular flexibility index (Phi) is 6.33. The molecule has 0 saturated heterocycles. The van der Waals surface area contributed by atoms with E-state index in [2.05, 4.69) is 27.7 Å². The molecule has 2 N–H and O–H groups in total. The maximum atomic E-state index is 11.7. The molecule has 2 heterocycles. The number of fused-ring (bicyclic) bond motifs is 3. The van der Waals surface area contributed by atoms with Gasteiger partial charge in [0.2, 0.25) is 0 Å². The van der Waals surface area contributed by atoms with Crippen LogP contribution in [0.5, 0.6) is 0 Å². The quantitative estimate of drug-likeness (QED) is 0.392. The Labute approximate surface area is 183 Å². The minimum Gasteiger partial charge on any atom is -0.338 e. The zero-order valence-electron chi connectivity index (χ0n) is 15.6. The summed E-state index contributed by atoms with van der Waals surface area (Å²) in [6.07, 6.45) is 0.773. The molecule has 0 atom stereocenters. The Morgan fingerprint density at radius 2 is 1.90 bits per heavy atom. The number of carbonyl (C=O) groups excluding carboxylic acids is 1. The first-order chi connectivity index (χ1) is 14.2. The summed E-state index contributed by atoms with van der Waals surface area (Å²) in [7, 11) is 0. The zero-order valence-corrected chi connectivity index (χ0v) is 17.9. The van der Waals surface area contributed by atoms with E-state index in [9.17, 15) is 4.79 Å². The Morgan fingerprint density at radius 3 is 2.76 bits per heavy atom. The van der Waals surface area contributed by atoms with Crippen LogP contribution in [0.25, 0.3) is 10.9 Å². The number of carbonyl (C=O) groups is 1. The van der Waals surface area contributed by atoms with Crippen LogP contribution in [0.3, 0.4) is 0 Å². The van der Waals surface area contributed by atoms with Crippen LogP contribution in [0.2, 0.25) is 5.02 Å². The number of nitrogens with one attached hydrogen (secondary N) is 2. The average molecular weight is 447 g/mol. The molecule has 0 bridgehead atoms. The molecule has 1 aliphatic heterocycles. The number of rotatable bonds is 6. The number of hydrogen-bond donors (Lipinski definition) is 2. The maximum absolute atomic E-state index is 11.7. The van der Waals surface area contributed by atoms with Gasteiger partial charge >= 0.3 is 6.03 Å². The van der Waals surface area contributed by atoms with Gasteiger partial charge in [-0.3, -0.25) is 0 Å². The van der Waals surface area contributed by atoms with E-state index >= 15 is 0 Å². The molecule has 1 aromatic heterocycles. The van der Waals surface area contributed by atoms with Crippen molar-refractivity contribution in [1.82, 2.24) is 15.6 Å². The summed E-state index contributed by atoms with van der Waals surface area (Å²) in [5.74, 6) is 1.34. The number of urea groups is 1. The molecule has 0 spiro atoms. The highest BCUT2D eigenvalue weighted by molar-refractivity contribution is 7.99. The zero-order chi connectivity index (χ0) is 20.2. The van der Waals surface area contributed by atoms with Crippen molar-refractivity contribution in [2.45, 2.75) is 16.2 Å². The fourth-order valence-electron chi connectivity index (χ4n) is 3.27. The molecule has 2 aromatic carbocycles. The molecule has 8 heteroatoms. The molecule has 3 aromatic rings. The molecule has 5 nitrogen and oxygen atoms in total. The Morgan fingerprint density at radius 1 is 1.07 bits per heavy atom. The lowest BCUT2D eigenvalue weighted by molar-refractivity contribution is 0.241. The number of alkyl halides is 1. The van der Waals surface area contributed by atoms with Crippen LogP contribution in [-0.4, -0.2) is 36.5 Å². The van der Waals surface area contributed by atoms with Gasteiger partial charge in [0.1, 0.15) is 5.82 Å². The van der Waals surface area contributed by atoms with Gasteiger partial charge in [0.05, 0.1) is 16.1 Å². The van der Waals surface area contributed by atoms with Crippen molar-refractivity contribution in [3.8, 4) is 0 Å². The Bertz CT molecular complexity index is 1050. The average Bonchev–Trinajstić information content (AvgIpc) is 2.73. The van der Waals surface area contributed by atoms with Crippen LogP contribution in [0, 0.1) is 0 Å². The van der Waals surface area contributed by atoms with E-state index in [-0.39, 0.29) is 6.03 Å². The third-order valence-electron chi connectivity index (χ3n) is 4.58. The summed E-state index contributed by atoms with van der Waals surface area (Å²) in [5.41, 5.74) is 2.05. The molecular formula is C21H20Cl2N4OS. The van der Waals surface area contributed by atoms with Gasteiger partial charge in [-0.1, -0.05) is 41.6 Å².